The molecule has 0 saturated carbocycles. The normalized spacial score (nSPS) is 9.00. The first kappa shape index (κ1) is 12.0. The molecule has 0 fully saturated rings. The molecule has 0 unspecified atom stereocenters. The van der Waals surface area contributed by atoms with Crippen molar-refractivity contribution in [1.82, 2.24) is 0 Å². The van der Waals surface area contributed by atoms with E-state index in [4.69, 9.17) is 10.5 Å². The molecule has 0 radical (unpaired) electrons. The van der Waals surface area contributed by atoms with Gasteiger partial charge in [-0.3, -0.25) is 0 Å². The highest BCUT2D eigenvalue weighted by Crippen LogP contribution is 2.10. The molecule has 0 aliphatic heterocycles. The number of benzene rings is 2. The van der Waals surface area contributed by atoms with Crippen LogP contribution < -0.4 is 5.73 Å². The largest absolute Gasteiger partial charge is 0.399 e. The smallest absolute Gasteiger partial charge is 0.106 e. The molecule has 0 heterocycles. The third-order valence-corrected chi connectivity index (χ3v) is 2.23. The molecule has 0 bridgehead atoms. The maximum absolute atomic E-state index is 8.00. The Balaban J connectivity index is 0.000000606. The first-order valence-corrected chi connectivity index (χ1v) is 5.02. The second-order valence-electron chi connectivity index (χ2n) is 3.40. The van der Waals surface area contributed by atoms with Gasteiger partial charge in [0, 0.05) is 5.69 Å². The Morgan fingerprint density at radius 3 is 1.88 bits per heavy atom. The van der Waals surface area contributed by atoms with Gasteiger partial charge in [0.2, 0.25) is 0 Å². The van der Waals surface area contributed by atoms with Crippen molar-refractivity contribution in [2.75, 3.05) is 5.73 Å². The number of carbonyl (C=O) groups is 1. The van der Waals surface area contributed by atoms with E-state index < -0.39 is 0 Å². The maximum atomic E-state index is 8.00. The molecule has 2 aromatic rings. The number of hydrogen-bond acceptors (Lipinski definition) is 2. The molecule has 0 aliphatic carbocycles. The minimum absolute atomic E-state index is 0.821. The van der Waals surface area contributed by atoms with Crippen LogP contribution in [0.25, 0.3) is 0 Å². The average Bonchev–Trinajstić information content (AvgIpc) is 2.36. The first-order valence-electron chi connectivity index (χ1n) is 5.02. The fourth-order valence-corrected chi connectivity index (χ4v) is 1.47. The second kappa shape index (κ2) is 6.40. The van der Waals surface area contributed by atoms with E-state index in [9.17, 15) is 0 Å². The van der Waals surface area contributed by atoms with Crippen molar-refractivity contribution in [2.45, 2.75) is 6.42 Å². The first-order chi connectivity index (χ1) is 7.84. The van der Waals surface area contributed by atoms with Gasteiger partial charge in [0.15, 0.2) is 0 Å². The van der Waals surface area contributed by atoms with E-state index >= 15 is 0 Å². The number of rotatable bonds is 2. The Morgan fingerprint density at radius 1 is 0.812 bits per heavy atom. The van der Waals surface area contributed by atoms with Crippen molar-refractivity contribution < 1.29 is 4.79 Å². The van der Waals surface area contributed by atoms with E-state index in [-0.39, 0.29) is 0 Å². The van der Waals surface area contributed by atoms with E-state index in [2.05, 4.69) is 36.4 Å². The molecule has 0 aromatic heterocycles. The van der Waals surface area contributed by atoms with Crippen LogP contribution in [-0.4, -0.2) is 6.79 Å². The lowest BCUT2D eigenvalue weighted by molar-refractivity contribution is -0.0979. The van der Waals surface area contributed by atoms with Crippen LogP contribution in [0.3, 0.4) is 0 Å². The summed E-state index contributed by atoms with van der Waals surface area (Å²) in [5.41, 5.74) is 9.07. The summed E-state index contributed by atoms with van der Waals surface area (Å²) >= 11 is 0. The number of nitrogens with two attached hydrogens (primary N) is 1. The van der Waals surface area contributed by atoms with Crippen LogP contribution in [0.15, 0.2) is 54.6 Å². The fourth-order valence-electron chi connectivity index (χ4n) is 1.47. The number of hydrogen-bond donors (Lipinski definition) is 1. The lowest BCUT2D eigenvalue weighted by Gasteiger charge is -2.01. The molecule has 2 N–H and O–H groups in total. The highest BCUT2D eigenvalue weighted by molar-refractivity contribution is 5.40. The van der Waals surface area contributed by atoms with Crippen LogP contribution in [0.4, 0.5) is 5.69 Å². The summed E-state index contributed by atoms with van der Waals surface area (Å²) in [7, 11) is 0. The Morgan fingerprint density at radius 2 is 1.31 bits per heavy atom. The molecule has 2 heteroatoms. The van der Waals surface area contributed by atoms with Gasteiger partial charge < -0.3 is 10.5 Å². The van der Waals surface area contributed by atoms with Crippen LogP contribution in [0.5, 0.6) is 0 Å². The Kier molecular flexibility index (Phi) is 4.80. The van der Waals surface area contributed by atoms with Gasteiger partial charge in [-0.25, -0.2) is 0 Å². The molecular formula is C14H15NO. The Hall–Kier alpha value is -2.09. The highest BCUT2D eigenvalue weighted by Gasteiger charge is 1.94. The topological polar surface area (TPSA) is 43.1 Å². The van der Waals surface area contributed by atoms with Gasteiger partial charge in [0.1, 0.15) is 6.79 Å². The third-order valence-electron chi connectivity index (χ3n) is 2.23. The molecule has 0 aliphatic rings. The maximum Gasteiger partial charge on any atom is 0.106 e. The molecule has 2 nitrogen and oxygen atoms in total. The Labute approximate surface area is 95.7 Å². The summed E-state index contributed by atoms with van der Waals surface area (Å²) < 4.78 is 0. The molecular weight excluding hydrogens is 198 g/mol. The quantitative estimate of drug-likeness (QED) is 0.779. The van der Waals surface area contributed by atoms with Gasteiger partial charge in [0.25, 0.3) is 0 Å². The van der Waals surface area contributed by atoms with E-state index in [1.165, 1.54) is 11.1 Å². The van der Waals surface area contributed by atoms with E-state index in [0.29, 0.717) is 0 Å². The number of carbonyl (C=O) groups excluding carboxylic acids is 1. The number of nitrogen functional groups attached to an aromatic ring is 1. The van der Waals surface area contributed by atoms with Gasteiger partial charge in [-0.05, 0) is 29.7 Å². The Bertz CT molecular complexity index is 409. The van der Waals surface area contributed by atoms with Crippen molar-refractivity contribution in [3.05, 3.63) is 65.7 Å². The molecule has 16 heavy (non-hydrogen) atoms. The second-order valence-corrected chi connectivity index (χ2v) is 3.40. The predicted molar refractivity (Wildman–Crippen MR) is 67.2 cm³/mol. The molecule has 0 amide bonds. The lowest BCUT2D eigenvalue weighted by Crippen LogP contribution is -1.89. The summed E-state index contributed by atoms with van der Waals surface area (Å²) in [6, 6.07) is 18.5. The van der Waals surface area contributed by atoms with E-state index in [1.807, 2.05) is 25.0 Å². The predicted octanol–water partition coefficient (Wildman–Crippen LogP) is 2.67. The summed E-state index contributed by atoms with van der Waals surface area (Å²) in [5.74, 6) is 0. The SMILES string of the molecule is C=O.Nc1ccc(Cc2ccccc2)cc1. The van der Waals surface area contributed by atoms with Gasteiger partial charge in [-0.2, -0.15) is 0 Å². The molecule has 2 aromatic carbocycles. The van der Waals surface area contributed by atoms with Gasteiger partial charge in [-0.1, -0.05) is 42.5 Å². The monoisotopic (exact) mass is 213 g/mol. The zero-order chi connectivity index (χ0) is 11.8. The van der Waals surface area contributed by atoms with Crippen molar-refractivity contribution in [3.8, 4) is 0 Å². The standard InChI is InChI=1S/C13H13N.CH2O/c14-13-8-6-12(7-9-13)10-11-4-2-1-3-5-11;1-2/h1-9H,10,14H2;1H2. The zero-order valence-corrected chi connectivity index (χ0v) is 9.10. The van der Waals surface area contributed by atoms with Crippen LogP contribution in [-0.2, 0) is 11.2 Å². The van der Waals surface area contributed by atoms with Gasteiger partial charge >= 0.3 is 0 Å². The van der Waals surface area contributed by atoms with Crippen molar-refractivity contribution in [2.24, 2.45) is 0 Å². The molecule has 2 rings (SSSR count). The van der Waals surface area contributed by atoms with Gasteiger partial charge in [0.05, 0.1) is 0 Å². The zero-order valence-electron chi connectivity index (χ0n) is 9.10. The van der Waals surface area contributed by atoms with Gasteiger partial charge in [-0.15, -0.1) is 0 Å². The van der Waals surface area contributed by atoms with Crippen LogP contribution in [0.2, 0.25) is 0 Å². The number of anilines is 1. The van der Waals surface area contributed by atoms with E-state index in [0.717, 1.165) is 12.1 Å². The lowest BCUT2D eigenvalue weighted by atomic mass is 10.1. The summed E-state index contributed by atoms with van der Waals surface area (Å²) in [5, 5.41) is 0. The molecule has 0 spiro atoms. The van der Waals surface area contributed by atoms with E-state index in [1.54, 1.807) is 0 Å². The highest BCUT2D eigenvalue weighted by atomic mass is 16.1. The van der Waals surface area contributed by atoms with Crippen LogP contribution in [0.1, 0.15) is 11.1 Å². The van der Waals surface area contributed by atoms with Crippen molar-refractivity contribution in [3.63, 3.8) is 0 Å². The molecule has 0 atom stereocenters. The minimum atomic E-state index is 0.821. The fraction of sp³-hybridized carbons (Fsp3) is 0.0714. The summed E-state index contributed by atoms with van der Waals surface area (Å²) in [4.78, 5) is 8.00. The molecule has 0 saturated heterocycles. The van der Waals surface area contributed by atoms with Crippen LogP contribution >= 0.6 is 0 Å². The van der Waals surface area contributed by atoms with Crippen LogP contribution in [0, 0.1) is 0 Å². The van der Waals surface area contributed by atoms with Crippen molar-refractivity contribution in [1.29, 1.82) is 0 Å². The molecule has 82 valence electrons. The minimum Gasteiger partial charge on any atom is -0.399 e. The average molecular weight is 213 g/mol. The summed E-state index contributed by atoms with van der Waals surface area (Å²) in [6.45, 7) is 2.00. The summed E-state index contributed by atoms with van der Waals surface area (Å²) in [6.07, 6.45) is 0.973. The third kappa shape index (κ3) is 3.58. The van der Waals surface area contributed by atoms with Crippen molar-refractivity contribution >= 4 is 12.5 Å².